The third-order valence-corrected chi connectivity index (χ3v) is 4.20. The smallest absolute Gasteiger partial charge is 0.418 e. The predicted octanol–water partition coefficient (Wildman–Crippen LogP) is 4.19. The van der Waals surface area contributed by atoms with E-state index in [9.17, 15) is 22.8 Å². The molecule has 2 rings (SSSR count). The molecule has 0 saturated heterocycles. The fraction of sp³-hybridized carbons (Fsp3) is 0.467. The highest BCUT2D eigenvalue weighted by molar-refractivity contribution is 6.30. The molecule has 0 aromatic heterocycles. The molecule has 0 bridgehead atoms. The van der Waals surface area contributed by atoms with Gasteiger partial charge in [-0.05, 0) is 31.0 Å². The number of carbonyl (C=O) groups excluding carboxylic acids is 1. The molecule has 2 N–H and O–H groups in total. The van der Waals surface area contributed by atoms with Gasteiger partial charge in [-0.1, -0.05) is 24.4 Å². The number of halogens is 4. The maximum absolute atomic E-state index is 13.0. The molecule has 1 aromatic carbocycles. The Kier molecular flexibility index (Phi) is 5.19. The van der Waals surface area contributed by atoms with Crippen LogP contribution in [0.2, 0.25) is 5.02 Å². The van der Waals surface area contributed by atoms with Gasteiger partial charge in [0, 0.05) is 5.02 Å². The van der Waals surface area contributed by atoms with Crippen LogP contribution in [0.25, 0.3) is 0 Å². The Morgan fingerprint density at radius 1 is 1.17 bits per heavy atom. The fourth-order valence-electron chi connectivity index (χ4n) is 2.83. The number of carboxylic acid groups (broad SMARTS) is 1. The molecular weight excluding hydrogens is 335 g/mol. The van der Waals surface area contributed by atoms with Crippen LogP contribution in [0.5, 0.6) is 0 Å². The second-order valence-corrected chi connectivity index (χ2v) is 5.95. The highest BCUT2D eigenvalue weighted by Crippen LogP contribution is 2.37. The van der Waals surface area contributed by atoms with Crippen molar-refractivity contribution in [3.63, 3.8) is 0 Å². The Morgan fingerprint density at radius 3 is 2.35 bits per heavy atom. The number of alkyl halides is 3. The Hall–Kier alpha value is -1.76. The first-order chi connectivity index (χ1) is 10.7. The van der Waals surface area contributed by atoms with Crippen LogP contribution in [0.1, 0.15) is 31.2 Å². The van der Waals surface area contributed by atoms with Crippen molar-refractivity contribution in [2.45, 2.75) is 31.9 Å². The van der Waals surface area contributed by atoms with E-state index in [4.69, 9.17) is 16.7 Å². The highest BCUT2D eigenvalue weighted by atomic mass is 35.5. The second-order valence-electron chi connectivity index (χ2n) is 5.51. The number of amides is 1. The summed E-state index contributed by atoms with van der Waals surface area (Å²) in [5.74, 6) is -3.51. The van der Waals surface area contributed by atoms with Crippen molar-refractivity contribution >= 4 is 29.2 Å². The molecule has 23 heavy (non-hydrogen) atoms. The van der Waals surface area contributed by atoms with Crippen LogP contribution in [-0.4, -0.2) is 17.0 Å². The van der Waals surface area contributed by atoms with E-state index in [2.05, 4.69) is 5.32 Å². The van der Waals surface area contributed by atoms with Gasteiger partial charge in [-0.25, -0.2) is 0 Å². The van der Waals surface area contributed by atoms with Gasteiger partial charge in [-0.2, -0.15) is 13.2 Å². The van der Waals surface area contributed by atoms with Gasteiger partial charge >= 0.3 is 12.1 Å². The zero-order valence-corrected chi connectivity index (χ0v) is 12.7. The van der Waals surface area contributed by atoms with Crippen LogP contribution in [0.3, 0.4) is 0 Å². The van der Waals surface area contributed by atoms with Gasteiger partial charge in [0.05, 0.1) is 23.1 Å². The van der Waals surface area contributed by atoms with Crippen LogP contribution < -0.4 is 5.32 Å². The summed E-state index contributed by atoms with van der Waals surface area (Å²) in [6, 6.07) is 3.04. The summed E-state index contributed by atoms with van der Waals surface area (Å²) in [7, 11) is 0. The lowest BCUT2D eigenvalue weighted by Gasteiger charge is -2.27. The Balaban J connectivity index is 2.24. The maximum Gasteiger partial charge on any atom is 0.418 e. The highest BCUT2D eigenvalue weighted by Gasteiger charge is 2.38. The first-order valence-electron chi connectivity index (χ1n) is 7.10. The number of aliphatic carboxylic acids is 1. The molecule has 1 aromatic rings. The topological polar surface area (TPSA) is 66.4 Å². The molecule has 1 aliphatic rings. The molecule has 0 heterocycles. The van der Waals surface area contributed by atoms with Crippen molar-refractivity contribution in [1.29, 1.82) is 0 Å². The van der Waals surface area contributed by atoms with E-state index in [1.165, 1.54) is 6.07 Å². The summed E-state index contributed by atoms with van der Waals surface area (Å²) >= 11 is 5.58. The normalized spacial score (nSPS) is 21.7. The monoisotopic (exact) mass is 349 g/mol. The Labute approximate surface area is 135 Å². The molecule has 1 aliphatic carbocycles. The maximum atomic E-state index is 13.0. The average Bonchev–Trinajstić information content (AvgIpc) is 2.48. The molecule has 1 fully saturated rings. The van der Waals surface area contributed by atoms with E-state index in [-0.39, 0.29) is 5.02 Å². The summed E-state index contributed by atoms with van der Waals surface area (Å²) < 4.78 is 39.1. The molecule has 0 aliphatic heterocycles. The van der Waals surface area contributed by atoms with Gasteiger partial charge in [-0.3, -0.25) is 9.59 Å². The third-order valence-electron chi connectivity index (χ3n) is 3.96. The van der Waals surface area contributed by atoms with E-state index in [1.807, 2.05) is 0 Å². The molecule has 1 saturated carbocycles. The number of carboxylic acids is 1. The number of nitrogens with one attached hydrogen (secondary N) is 1. The standard InChI is InChI=1S/C15H15ClF3NO3/c16-8-5-6-12(11(7-8)15(17,18)19)20-13(21)9-3-1-2-4-10(9)14(22)23/h5-7,9-10H,1-4H2,(H,20,21)(H,22,23). The van der Waals surface area contributed by atoms with E-state index in [1.54, 1.807) is 0 Å². The average molecular weight is 350 g/mol. The molecule has 1 amide bonds. The largest absolute Gasteiger partial charge is 0.481 e. The summed E-state index contributed by atoms with van der Waals surface area (Å²) in [5.41, 5.74) is -1.47. The summed E-state index contributed by atoms with van der Waals surface area (Å²) in [5, 5.41) is 11.3. The van der Waals surface area contributed by atoms with Gasteiger partial charge in [0.1, 0.15) is 0 Å². The first-order valence-corrected chi connectivity index (χ1v) is 7.48. The van der Waals surface area contributed by atoms with Crippen LogP contribution in [-0.2, 0) is 15.8 Å². The zero-order valence-electron chi connectivity index (χ0n) is 12.0. The van der Waals surface area contributed by atoms with E-state index in [0.29, 0.717) is 25.7 Å². The van der Waals surface area contributed by atoms with Crippen molar-refractivity contribution in [2.24, 2.45) is 11.8 Å². The molecule has 2 unspecified atom stereocenters. The van der Waals surface area contributed by atoms with Gasteiger partial charge in [0.25, 0.3) is 0 Å². The molecule has 0 spiro atoms. The van der Waals surface area contributed by atoms with Crippen molar-refractivity contribution in [3.8, 4) is 0 Å². The molecule has 126 valence electrons. The summed E-state index contributed by atoms with van der Waals surface area (Å²) in [4.78, 5) is 23.5. The van der Waals surface area contributed by atoms with E-state index < -0.39 is 41.1 Å². The first kappa shape index (κ1) is 17.6. The van der Waals surface area contributed by atoms with E-state index in [0.717, 1.165) is 12.1 Å². The minimum absolute atomic E-state index is 0.101. The second kappa shape index (κ2) is 6.78. The minimum Gasteiger partial charge on any atom is -0.481 e. The van der Waals surface area contributed by atoms with Gasteiger partial charge < -0.3 is 10.4 Å². The van der Waals surface area contributed by atoms with Crippen molar-refractivity contribution in [1.82, 2.24) is 0 Å². The number of rotatable bonds is 3. The van der Waals surface area contributed by atoms with E-state index >= 15 is 0 Å². The number of hydrogen-bond acceptors (Lipinski definition) is 2. The van der Waals surface area contributed by atoms with Crippen LogP contribution in [0, 0.1) is 11.8 Å². The lowest BCUT2D eigenvalue weighted by atomic mass is 9.78. The number of anilines is 1. The number of carbonyl (C=O) groups is 2. The molecular formula is C15H15ClF3NO3. The summed E-state index contributed by atoms with van der Waals surface area (Å²) in [6.45, 7) is 0. The fourth-order valence-corrected chi connectivity index (χ4v) is 3.00. The quantitative estimate of drug-likeness (QED) is 0.860. The lowest BCUT2D eigenvalue weighted by molar-refractivity contribution is -0.148. The molecule has 0 radical (unpaired) electrons. The third kappa shape index (κ3) is 4.16. The summed E-state index contributed by atoms with van der Waals surface area (Å²) in [6.07, 6.45) is -2.62. The van der Waals surface area contributed by atoms with Gasteiger partial charge in [0.2, 0.25) is 5.91 Å². The minimum atomic E-state index is -4.67. The van der Waals surface area contributed by atoms with Gasteiger partial charge in [-0.15, -0.1) is 0 Å². The SMILES string of the molecule is O=C(O)C1CCCCC1C(=O)Nc1ccc(Cl)cc1C(F)(F)F. The van der Waals surface area contributed by atoms with Crippen molar-refractivity contribution < 1.29 is 27.9 Å². The molecule has 4 nitrogen and oxygen atoms in total. The number of hydrogen-bond donors (Lipinski definition) is 2. The predicted molar refractivity (Wildman–Crippen MR) is 78.2 cm³/mol. The van der Waals surface area contributed by atoms with Crippen molar-refractivity contribution in [3.05, 3.63) is 28.8 Å². The van der Waals surface area contributed by atoms with Crippen LogP contribution in [0.4, 0.5) is 18.9 Å². The Bertz CT molecular complexity index is 618. The molecule has 8 heteroatoms. The molecule has 2 atom stereocenters. The van der Waals surface area contributed by atoms with Crippen molar-refractivity contribution in [2.75, 3.05) is 5.32 Å². The zero-order chi connectivity index (χ0) is 17.2. The van der Waals surface area contributed by atoms with Gasteiger partial charge in [0.15, 0.2) is 0 Å². The lowest BCUT2D eigenvalue weighted by Crippen LogP contribution is -2.36. The number of benzene rings is 1. The van der Waals surface area contributed by atoms with Crippen LogP contribution in [0.15, 0.2) is 18.2 Å². The Morgan fingerprint density at radius 2 is 1.78 bits per heavy atom. The van der Waals surface area contributed by atoms with Crippen LogP contribution >= 0.6 is 11.6 Å².